The second-order valence-corrected chi connectivity index (χ2v) is 13.6. The summed E-state index contributed by atoms with van der Waals surface area (Å²) in [6.45, 7) is 0.511. The molecule has 0 saturated carbocycles. The van der Waals surface area contributed by atoms with Crippen molar-refractivity contribution in [2.75, 3.05) is 18.2 Å². The van der Waals surface area contributed by atoms with E-state index in [0.717, 1.165) is 40.6 Å². The van der Waals surface area contributed by atoms with E-state index in [1.165, 1.54) is 35.2 Å². The molecule has 0 spiro atoms. The Bertz CT molecular complexity index is 1910. The third-order valence-electron chi connectivity index (χ3n) is 8.57. The molecule has 1 aliphatic carbocycles. The number of benzene rings is 4. The van der Waals surface area contributed by atoms with Crippen LogP contribution in [0.5, 0.6) is 0 Å². The molecular weight excluding hydrogens is 621 g/mol. The Balaban J connectivity index is 1.26. The number of hydrogen-bond acceptors (Lipinski definition) is 6. The van der Waals surface area contributed by atoms with Gasteiger partial charge in [-0.3, -0.25) is 9.69 Å². The first-order chi connectivity index (χ1) is 21.7. The molecule has 2 unspecified atom stereocenters. The second-order valence-electron chi connectivity index (χ2n) is 11.6. The van der Waals surface area contributed by atoms with Crippen LogP contribution in [0.25, 0.3) is 11.1 Å². The van der Waals surface area contributed by atoms with E-state index < -0.39 is 45.2 Å². The molecule has 2 N–H and O–H groups in total. The highest BCUT2D eigenvalue weighted by Crippen LogP contribution is 2.45. The van der Waals surface area contributed by atoms with Gasteiger partial charge >= 0.3 is 12.3 Å². The van der Waals surface area contributed by atoms with Crippen molar-refractivity contribution < 1.29 is 41.0 Å². The Morgan fingerprint density at radius 3 is 2.07 bits per heavy atom. The highest BCUT2D eigenvalue weighted by molar-refractivity contribution is 7.90. The lowest BCUT2D eigenvalue weighted by Crippen LogP contribution is -2.39. The number of anilines is 1. The Labute approximate surface area is 263 Å². The Morgan fingerprint density at radius 2 is 1.50 bits per heavy atom. The van der Waals surface area contributed by atoms with Gasteiger partial charge in [-0.05, 0) is 70.1 Å². The fourth-order valence-corrected chi connectivity index (χ4v) is 6.71. The van der Waals surface area contributed by atoms with Crippen molar-refractivity contribution in [1.82, 2.24) is 4.90 Å². The Hall–Kier alpha value is -4.68. The van der Waals surface area contributed by atoms with Crippen LogP contribution in [0.1, 0.15) is 46.7 Å². The van der Waals surface area contributed by atoms with Crippen LogP contribution in [0.2, 0.25) is 0 Å². The summed E-state index contributed by atoms with van der Waals surface area (Å²) in [6.07, 6.45) is -4.66. The molecule has 0 saturated heterocycles. The van der Waals surface area contributed by atoms with Crippen LogP contribution >= 0.6 is 0 Å². The van der Waals surface area contributed by atoms with E-state index in [2.05, 4.69) is 5.32 Å². The smallest absolute Gasteiger partial charge is 0.421 e. The number of sulfone groups is 1. The van der Waals surface area contributed by atoms with Crippen LogP contribution in [0, 0.1) is 0 Å². The van der Waals surface area contributed by atoms with Crippen molar-refractivity contribution >= 4 is 27.5 Å². The molecule has 4 aromatic rings. The Kier molecular flexibility index (Phi) is 7.68. The lowest BCUT2D eigenvalue weighted by atomic mass is 9.95. The van der Waals surface area contributed by atoms with Gasteiger partial charge in [0.2, 0.25) is 0 Å². The van der Waals surface area contributed by atoms with Crippen LogP contribution in [-0.2, 0) is 31.5 Å². The topological polar surface area (TPSA) is 113 Å². The number of alkyl halides is 3. The monoisotopic (exact) mass is 650 g/mol. The van der Waals surface area contributed by atoms with Gasteiger partial charge in [-0.25, -0.2) is 13.2 Å². The molecule has 2 atom stereocenters. The summed E-state index contributed by atoms with van der Waals surface area (Å²) in [7, 11) is -3.59. The number of fused-ring (bicyclic) bond motifs is 4. The normalized spacial score (nSPS) is 17.1. The summed E-state index contributed by atoms with van der Waals surface area (Å²) in [5, 5.41) is 12.6. The molecule has 6 rings (SSSR count). The van der Waals surface area contributed by atoms with Crippen LogP contribution in [0.15, 0.2) is 95.9 Å². The fourth-order valence-electron chi connectivity index (χ4n) is 6.04. The zero-order chi connectivity index (χ0) is 33.0. The van der Waals surface area contributed by atoms with Crippen LogP contribution in [0.4, 0.5) is 23.7 Å². The van der Waals surface area contributed by atoms with Gasteiger partial charge in [-0.15, -0.1) is 0 Å². The zero-order valence-electron chi connectivity index (χ0n) is 24.7. The minimum atomic E-state index is -4.92. The van der Waals surface area contributed by atoms with E-state index in [1.807, 2.05) is 48.5 Å². The number of hydrogen-bond donors (Lipinski definition) is 2. The molecule has 12 heteroatoms. The number of amides is 2. The van der Waals surface area contributed by atoms with E-state index in [9.17, 15) is 36.3 Å². The molecular formula is C34H29F3N2O6S. The van der Waals surface area contributed by atoms with Gasteiger partial charge in [0.05, 0.1) is 11.4 Å². The maximum absolute atomic E-state index is 13.7. The molecule has 4 aromatic carbocycles. The largest absolute Gasteiger partial charge is 0.448 e. The van der Waals surface area contributed by atoms with Crippen LogP contribution < -0.4 is 5.32 Å². The average Bonchev–Trinajstić information content (AvgIpc) is 3.55. The highest BCUT2D eigenvalue weighted by atomic mass is 32.2. The summed E-state index contributed by atoms with van der Waals surface area (Å²) >= 11 is 0. The lowest BCUT2D eigenvalue weighted by molar-refractivity contribution is -0.258. The predicted octanol–water partition coefficient (Wildman–Crippen LogP) is 6.30. The zero-order valence-corrected chi connectivity index (χ0v) is 25.5. The van der Waals surface area contributed by atoms with E-state index >= 15 is 0 Å². The molecule has 1 aliphatic heterocycles. The summed E-state index contributed by atoms with van der Waals surface area (Å²) in [5.41, 5.74) is 1.52. The minimum Gasteiger partial charge on any atom is -0.448 e. The maximum atomic E-state index is 13.7. The molecule has 0 fully saturated rings. The van der Waals surface area contributed by atoms with Crippen molar-refractivity contribution in [1.29, 1.82) is 0 Å². The number of aliphatic hydroxyl groups is 1. The molecule has 1 heterocycles. The molecule has 2 amide bonds. The number of nitrogens with zero attached hydrogens (tertiary/aromatic N) is 1. The quantitative estimate of drug-likeness (QED) is 0.253. The molecule has 0 aromatic heterocycles. The van der Waals surface area contributed by atoms with Gasteiger partial charge in [0.25, 0.3) is 5.91 Å². The standard InChI is InChI=1S/C34H29F3N2O6S/c1-33(42,34(35,36)37)21-11-13-22(14-12-21)38-31(40)30-24-16-15-23(46(2,43)44)17-20(24)18-39(30)32(41)45-19-29-27-9-5-3-7-25(27)26-8-4-6-10-28(26)29/h3-17,29-30,42H,18-19H2,1-2H3,(H,38,40). The lowest BCUT2D eigenvalue weighted by Gasteiger charge is -2.27. The molecule has 2 aliphatic rings. The number of rotatable bonds is 6. The third kappa shape index (κ3) is 5.51. The van der Waals surface area contributed by atoms with E-state index in [1.54, 1.807) is 0 Å². The summed E-state index contributed by atoms with van der Waals surface area (Å²) in [4.78, 5) is 28.6. The van der Waals surface area contributed by atoms with E-state index in [0.29, 0.717) is 18.1 Å². The second kappa shape index (κ2) is 11.3. The van der Waals surface area contributed by atoms with Crippen molar-refractivity contribution in [3.63, 3.8) is 0 Å². The molecule has 0 radical (unpaired) electrons. The van der Waals surface area contributed by atoms with Crippen LogP contribution in [0.3, 0.4) is 0 Å². The van der Waals surface area contributed by atoms with Gasteiger partial charge in [0, 0.05) is 17.9 Å². The first kappa shape index (κ1) is 31.3. The number of nitrogens with one attached hydrogen (secondary N) is 1. The van der Waals surface area contributed by atoms with E-state index in [4.69, 9.17) is 4.74 Å². The predicted molar refractivity (Wildman–Crippen MR) is 164 cm³/mol. The summed E-state index contributed by atoms with van der Waals surface area (Å²) in [6, 6.07) is 23.2. The van der Waals surface area contributed by atoms with Gasteiger partial charge in [0.15, 0.2) is 15.4 Å². The van der Waals surface area contributed by atoms with Crippen molar-refractivity contribution in [3.8, 4) is 11.1 Å². The Morgan fingerprint density at radius 1 is 0.913 bits per heavy atom. The van der Waals surface area contributed by atoms with Gasteiger partial charge < -0.3 is 15.2 Å². The summed E-state index contributed by atoms with van der Waals surface area (Å²) < 4.78 is 70.2. The number of ether oxygens (including phenoxy) is 1. The first-order valence-corrected chi connectivity index (χ1v) is 16.2. The van der Waals surface area contributed by atoms with Gasteiger partial charge in [0.1, 0.15) is 12.6 Å². The van der Waals surface area contributed by atoms with E-state index in [-0.39, 0.29) is 29.7 Å². The van der Waals surface area contributed by atoms with Crippen molar-refractivity contribution in [3.05, 3.63) is 119 Å². The molecule has 238 valence electrons. The fraction of sp³-hybridized carbons (Fsp3) is 0.235. The summed E-state index contributed by atoms with van der Waals surface area (Å²) in [5.74, 6) is -0.924. The third-order valence-corrected chi connectivity index (χ3v) is 9.69. The number of carbonyl (C=O) groups excluding carboxylic acids is 2. The average molecular weight is 651 g/mol. The number of halogens is 3. The molecule has 46 heavy (non-hydrogen) atoms. The van der Waals surface area contributed by atoms with Crippen molar-refractivity contribution in [2.45, 2.75) is 42.1 Å². The highest BCUT2D eigenvalue weighted by Gasteiger charge is 2.51. The molecule has 0 bridgehead atoms. The van der Waals surface area contributed by atoms with Crippen molar-refractivity contribution in [2.24, 2.45) is 0 Å². The van der Waals surface area contributed by atoms with Gasteiger partial charge in [-0.2, -0.15) is 13.2 Å². The molecule has 8 nitrogen and oxygen atoms in total. The maximum Gasteiger partial charge on any atom is 0.421 e. The minimum absolute atomic E-state index is 0.0107. The van der Waals surface area contributed by atoms with Crippen LogP contribution in [-0.4, -0.2) is 49.5 Å². The SMILES string of the molecule is CC(O)(c1ccc(NC(=O)C2c3ccc(S(C)(=O)=O)cc3CN2C(=O)OCC2c3ccccc3-c3ccccc32)cc1)C(F)(F)F. The first-order valence-electron chi connectivity index (χ1n) is 14.3. The van der Waals surface area contributed by atoms with Gasteiger partial charge in [-0.1, -0.05) is 66.7 Å². The number of carbonyl (C=O) groups is 2.